The van der Waals surface area contributed by atoms with E-state index in [2.05, 4.69) is 16.0 Å². The molecule has 0 rings (SSSR count). The smallest absolute Gasteiger partial charge is 0.257 e. The summed E-state index contributed by atoms with van der Waals surface area (Å²) in [7, 11) is -0.976. The Morgan fingerprint density at radius 3 is 2.47 bits per heavy atom. The molecule has 0 aliphatic heterocycles. The molecule has 0 aliphatic rings. The van der Waals surface area contributed by atoms with Crippen LogP contribution in [0.1, 0.15) is 39.5 Å². The van der Waals surface area contributed by atoms with Gasteiger partial charge < -0.3 is 0 Å². The molecule has 2 unspecified atom stereocenters. The molecule has 0 radical (unpaired) electrons. The molecule has 0 saturated carbocycles. The number of unbranched alkanes of at least 4 members (excludes halogenated alkanes) is 1. The third-order valence-electron chi connectivity index (χ3n) is 2.39. The topological polar surface area (TPSA) is 58.5 Å². The van der Waals surface area contributed by atoms with Crippen molar-refractivity contribution in [1.82, 2.24) is 4.72 Å². The van der Waals surface area contributed by atoms with Crippen molar-refractivity contribution in [3.8, 4) is 0 Å². The number of nitrogens with one attached hydrogen (secondary N) is 1. The summed E-state index contributed by atoms with van der Waals surface area (Å²) in [5, 5.41) is 0. The summed E-state index contributed by atoms with van der Waals surface area (Å²) in [4.78, 5) is 11.7. The van der Waals surface area contributed by atoms with E-state index in [-0.39, 0.29) is 11.8 Å². The van der Waals surface area contributed by atoms with Gasteiger partial charge in [0.25, 0.3) is 5.91 Å². The Balaban J connectivity index is 4.53. The second-order valence-corrected chi connectivity index (χ2v) is 5.88. The largest absolute Gasteiger partial charge is 0.272 e. The third-order valence-corrected chi connectivity index (χ3v) is 3.68. The predicted molar refractivity (Wildman–Crippen MR) is 63.9 cm³/mol. The van der Waals surface area contributed by atoms with E-state index >= 15 is 0 Å². The molecule has 90 valence electrons. The highest BCUT2D eigenvalue weighted by Crippen LogP contribution is 2.14. The Labute approximate surface area is 93.1 Å². The number of amides is 1. The molecule has 0 heterocycles. The fraction of sp³-hybridized carbons (Fsp3) is 0.900. The summed E-state index contributed by atoms with van der Waals surface area (Å²) in [5.74, 6) is -0.299. The van der Waals surface area contributed by atoms with Crippen molar-refractivity contribution < 1.29 is 9.00 Å². The minimum Gasteiger partial charge on any atom is -0.272 e. The predicted octanol–water partition coefficient (Wildman–Crippen LogP) is 1.96. The monoisotopic (exact) mass is 234 g/mol. The van der Waals surface area contributed by atoms with Gasteiger partial charge >= 0.3 is 0 Å². The van der Waals surface area contributed by atoms with E-state index in [4.69, 9.17) is 0 Å². The van der Waals surface area contributed by atoms with Gasteiger partial charge in [-0.3, -0.25) is 4.79 Å². The Morgan fingerprint density at radius 1 is 1.47 bits per heavy atom. The maximum absolute atomic E-state index is 11.7. The van der Waals surface area contributed by atoms with E-state index < -0.39 is 9.92 Å². The van der Waals surface area contributed by atoms with Gasteiger partial charge in [-0.25, -0.2) is 8.93 Å². The molecule has 0 aromatic rings. The third kappa shape index (κ3) is 5.89. The van der Waals surface area contributed by atoms with Crippen molar-refractivity contribution in [2.75, 3.05) is 13.3 Å². The number of carbonyl (C=O) groups is 1. The summed E-state index contributed by atoms with van der Waals surface area (Å²) in [6.45, 7) is 4.05. The van der Waals surface area contributed by atoms with Gasteiger partial charge in [0.1, 0.15) is 9.92 Å². The van der Waals surface area contributed by atoms with Crippen molar-refractivity contribution in [3.05, 3.63) is 0 Å². The van der Waals surface area contributed by atoms with Crippen LogP contribution < -0.4 is 4.72 Å². The Bertz CT molecular complexity index is 307. The van der Waals surface area contributed by atoms with Gasteiger partial charge in [0.2, 0.25) is 0 Å². The molecule has 0 saturated heterocycles. The van der Waals surface area contributed by atoms with Crippen molar-refractivity contribution in [1.29, 1.82) is 0 Å². The highest BCUT2D eigenvalue weighted by molar-refractivity contribution is 7.91. The molecule has 0 aliphatic carbocycles. The lowest BCUT2D eigenvalue weighted by Crippen LogP contribution is -2.21. The molecular formula is C10H22N2O2S. The van der Waals surface area contributed by atoms with Gasteiger partial charge in [0.05, 0.1) is 0 Å². The second-order valence-electron chi connectivity index (χ2n) is 3.68. The van der Waals surface area contributed by atoms with Crippen LogP contribution in [0.4, 0.5) is 0 Å². The lowest BCUT2D eigenvalue weighted by atomic mass is 9.99. The molecular weight excluding hydrogens is 212 g/mol. The standard InChI is InChI=1S/C10H22N2O2S/c1-5-7-8-9(6-2)10(13)12-15(4,14)11-3/h9H,5-8H2,1-4H3,(H,11,12,13,14). The number of rotatable bonds is 6. The van der Waals surface area contributed by atoms with E-state index in [0.29, 0.717) is 0 Å². The molecule has 0 aromatic carbocycles. The van der Waals surface area contributed by atoms with Crippen molar-refractivity contribution in [2.24, 2.45) is 10.3 Å². The minimum atomic E-state index is -2.52. The fourth-order valence-corrected chi connectivity index (χ4v) is 1.83. The Hall–Kier alpha value is -0.420. The average molecular weight is 234 g/mol. The maximum Gasteiger partial charge on any atom is 0.257 e. The van der Waals surface area contributed by atoms with Gasteiger partial charge in [-0.05, 0) is 19.9 Å². The van der Waals surface area contributed by atoms with Crippen LogP contribution in [0.15, 0.2) is 4.36 Å². The normalized spacial score (nSPS) is 16.8. The minimum absolute atomic E-state index is 0.0703. The van der Waals surface area contributed by atoms with Gasteiger partial charge in [0, 0.05) is 12.2 Å². The summed E-state index contributed by atoms with van der Waals surface area (Å²) in [6, 6.07) is 0. The van der Waals surface area contributed by atoms with E-state index in [0.717, 1.165) is 25.7 Å². The van der Waals surface area contributed by atoms with Crippen LogP contribution in [0.3, 0.4) is 0 Å². The van der Waals surface area contributed by atoms with Crippen LogP contribution in [0.25, 0.3) is 0 Å². The number of hydrogen-bond acceptors (Lipinski definition) is 2. The summed E-state index contributed by atoms with van der Waals surface area (Å²) >= 11 is 0. The van der Waals surface area contributed by atoms with Crippen LogP contribution in [0, 0.1) is 5.92 Å². The lowest BCUT2D eigenvalue weighted by Gasteiger charge is -2.10. The number of carbonyl (C=O) groups excluding carboxylic acids is 1. The van der Waals surface area contributed by atoms with Crippen molar-refractivity contribution in [2.45, 2.75) is 39.5 Å². The zero-order valence-electron chi connectivity index (χ0n) is 10.1. The van der Waals surface area contributed by atoms with Crippen LogP contribution in [-0.2, 0) is 14.7 Å². The van der Waals surface area contributed by atoms with E-state index in [1.54, 1.807) is 7.05 Å². The molecule has 15 heavy (non-hydrogen) atoms. The molecule has 2 atom stereocenters. The maximum atomic E-state index is 11.7. The highest BCUT2D eigenvalue weighted by Gasteiger charge is 2.16. The molecule has 0 bridgehead atoms. The zero-order chi connectivity index (χ0) is 11.9. The molecule has 4 nitrogen and oxygen atoms in total. The van der Waals surface area contributed by atoms with Gasteiger partial charge in [0.15, 0.2) is 0 Å². The van der Waals surface area contributed by atoms with Crippen LogP contribution in [-0.4, -0.2) is 23.4 Å². The van der Waals surface area contributed by atoms with Crippen LogP contribution >= 0.6 is 0 Å². The second kappa shape index (κ2) is 6.95. The first-order chi connectivity index (χ1) is 6.96. The summed E-state index contributed by atoms with van der Waals surface area (Å²) < 4.78 is 17.8. The zero-order valence-corrected chi connectivity index (χ0v) is 10.9. The number of nitrogens with zero attached hydrogens (tertiary/aromatic N) is 1. The van der Waals surface area contributed by atoms with E-state index in [1.807, 2.05) is 6.92 Å². The summed E-state index contributed by atoms with van der Waals surface area (Å²) in [6.07, 6.45) is 5.13. The first-order valence-corrected chi connectivity index (χ1v) is 7.33. The molecule has 1 N–H and O–H groups in total. The first-order valence-electron chi connectivity index (χ1n) is 5.41. The average Bonchev–Trinajstić information content (AvgIpc) is 2.18. The lowest BCUT2D eigenvalue weighted by molar-refractivity contribution is -0.121. The fourth-order valence-electron chi connectivity index (χ4n) is 1.24. The van der Waals surface area contributed by atoms with E-state index in [1.165, 1.54) is 6.26 Å². The molecule has 1 amide bonds. The Morgan fingerprint density at radius 2 is 2.07 bits per heavy atom. The molecule has 0 fully saturated rings. The van der Waals surface area contributed by atoms with Crippen molar-refractivity contribution >= 4 is 15.8 Å². The SMILES string of the molecule is CCCCC(CC)C(=O)N=S(C)(=O)NC. The number of hydrogen-bond donors (Lipinski definition) is 1. The molecule has 0 spiro atoms. The summed E-state index contributed by atoms with van der Waals surface area (Å²) in [5.41, 5.74) is 0. The first kappa shape index (κ1) is 14.6. The van der Waals surface area contributed by atoms with Gasteiger partial charge in [-0.15, -0.1) is 4.36 Å². The molecule has 5 heteroatoms. The van der Waals surface area contributed by atoms with Gasteiger partial charge in [-0.2, -0.15) is 0 Å². The quantitative estimate of drug-likeness (QED) is 0.763. The van der Waals surface area contributed by atoms with E-state index in [9.17, 15) is 9.00 Å². The van der Waals surface area contributed by atoms with Crippen LogP contribution in [0.2, 0.25) is 0 Å². The Kier molecular flexibility index (Phi) is 6.76. The molecule has 0 aromatic heterocycles. The van der Waals surface area contributed by atoms with Gasteiger partial charge in [-0.1, -0.05) is 26.7 Å². The van der Waals surface area contributed by atoms with Crippen LogP contribution in [0.5, 0.6) is 0 Å². The highest BCUT2D eigenvalue weighted by atomic mass is 32.2. The van der Waals surface area contributed by atoms with Crippen molar-refractivity contribution in [3.63, 3.8) is 0 Å².